The molecule has 0 atom stereocenters. The summed E-state index contributed by atoms with van der Waals surface area (Å²) in [6.07, 6.45) is 0.751. The van der Waals surface area contributed by atoms with E-state index < -0.39 is 0 Å². The summed E-state index contributed by atoms with van der Waals surface area (Å²) in [5.41, 5.74) is 3.37. The van der Waals surface area contributed by atoms with Gasteiger partial charge in [0.2, 0.25) is 0 Å². The van der Waals surface area contributed by atoms with Crippen molar-refractivity contribution in [2.24, 2.45) is 0 Å². The highest BCUT2D eigenvalue weighted by Gasteiger charge is 2.15. The van der Waals surface area contributed by atoms with Crippen molar-refractivity contribution in [1.82, 2.24) is 5.32 Å². The Morgan fingerprint density at radius 1 is 1.17 bits per heavy atom. The predicted octanol–water partition coefficient (Wildman–Crippen LogP) is 4.50. The number of hydrogen-bond acceptors (Lipinski definition) is 3. The number of methoxy groups -OCH3 is 1. The second-order valence-corrected chi connectivity index (χ2v) is 6.93. The van der Waals surface area contributed by atoms with Crippen molar-refractivity contribution in [3.63, 3.8) is 0 Å². The monoisotopic (exact) mass is 339 g/mol. The fourth-order valence-corrected chi connectivity index (χ4v) is 4.01. The lowest BCUT2D eigenvalue weighted by Crippen LogP contribution is -2.25. The summed E-state index contributed by atoms with van der Waals surface area (Å²) in [6.45, 7) is 4.66. The van der Waals surface area contributed by atoms with Gasteiger partial charge >= 0.3 is 0 Å². The van der Waals surface area contributed by atoms with Gasteiger partial charge in [0.1, 0.15) is 5.75 Å². The molecule has 0 saturated heterocycles. The van der Waals surface area contributed by atoms with Crippen LogP contribution in [-0.4, -0.2) is 19.6 Å². The Hall–Kier alpha value is -2.33. The molecule has 0 spiro atoms. The van der Waals surface area contributed by atoms with Gasteiger partial charge in [-0.15, -0.1) is 11.3 Å². The van der Waals surface area contributed by atoms with Crippen molar-refractivity contribution >= 4 is 27.3 Å². The van der Waals surface area contributed by atoms with Gasteiger partial charge in [0.15, 0.2) is 0 Å². The second-order valence-electron chi connectivity index (χ2n) is 5.87. The van der Waals surface area contributed by atoms with E-state index in [-0.39, 0.29) is 5.91 Å². The molecule has 1 N–H and O–H groups in total. The van der Waals surface area contributed by atoms with Crippen molar-refractivity contribution in [3.8, 4) is 5.75 Å². The Morgan fingerprint density at radius 2 is 1.96 bits per heavy atom. The van der Waals surface area contributed by atoms with Gasteiger partial charge < -0.3 is 10.1 Å². The molecule has 1 aromatic heterocycles. The molecule has 0 unspecified atom stereocenters. The van der Waals surface area contributed by atoms with Gasteiger partial charge in [0.05, 0.1) is 12.0 Å². The zero-order chi connectivity index (χ0) is 17.1. The number of rotatable bonds is 5. The van der Waals surface area contributed by atoms with Gasteiger partial charge in [-0.25, -0.2) is 0 Å². The molecule has 1 amide bonds. The first-order valence-electron chi connectivity index (χ1n) is 8.00. The first kappa shape index (κ1) is 16.5. The third-order valence-corrected chi connectivity index (χ3v) is 5.44. The third kappa shape index (κ3) is 3.29. The van der Waals surface area contributed by atoms with Crippen LogP contribution in [0.4, 0.5) is 0 Å². The number of aryl methyl sites for hydroxylation is 2. The Balaban J connectivity index is 1.69. The summed E-state index contributed by atoms with van der Waals surface area (Å²) in [4.78, 5) is 13.3. The van der Waals surface area contributed by atoms with Gasteiger partial charge in [-0.05, 0) is 48.9 Å². The van der Waals surface area contributed by atoms with Gasteiger partial charge in [-0.1, -0.05) is 35.9 Å². The molecule has 3 aromatic rings. The van der Waals surface area contributed by atoms with Crippen molar-refractivity contribution in [3.05, 3.63) is 64.0 Å². The average Bonchev–Trinajstić information content (AvgIpc) is 2.92. The molecule has 0 aliphatic carbocycles. The van der Waals surface area contributed by atoms with E-state index in [1.165, 1.54) is 5.56 Å². The largest absolute Gasteiger partial charge is 0.496 e. The highest BCUT2D eigenvalue weighted by molar-refractivity contribution is 7.21. The number of carbonyl (C=O) groups is 1. The Morgan fingerprint density at radius 3 is 2.71 bits per heavy atom. The van der Waals surface area contributed by atoms with E-state index in [4.69, 9.17) is 4.74 Å². The molecule has 4 heteroatoms. The number of benzene rings is 2. The number of amides is 1. The molecule has 2 aromatic carbocycles. The first-order chi connectivity index (χ1) is 11.6. The Labute approximate surface area is 146 Å². The van der Waals surface area contributed by atoms with Crippen LogP contribution in [0.15, 0.2) is 42.5 Å². The summed E-state index contributed by atoms with van der Waals surface area (Å²) < 4.78 is 6.54. The van der Waals surface area contributed by atoms with Gasteiger partial charge in [-0.2, -0.15) is 0 Å². The van der Waals surface area contributed by atoms with Crippen LogP contribution in [0.25, 0.3) is 10.1 Å². The summed E-state index contributed by atoms with van der Waals surface area (Å²) in [5.74, 6) is 0.869. The highest BCUT2D eigenvalue weighted by atomic mass is 32.1. The maximum Gasteiger partial charge on any atom is 0.261 e. The molecule has 3 nitrogen and oxygen atoms in total. The number of carbonyl (C=O) groups excluding carboxylic acids is 1. The van der Waals surface area contributed by atoms with Crippen LogP contribution in [-0.2, 0) is 6.42 Å². The SMILES string of the molecule is COc1ccc(C)cc1CCNC(=O)c1sc2ccccc2c1C. The van der Waals surface area contributed by atoms with Crippen LogP contribution in [0.2, 0.25) is 0 Å². The molecular weight excluding hydrogens is 318 g/mol. The predicted molar refractivity (Wildman–Crippen MR) is 100 cm³/mol. The van der Waals surface area contributed by atoms with Crippen LogP contribution in [0.3, 0.4) is 0 Å². The fourth-order valence-electron chi connectivity index (χ4n) is 2.88. The molecule has 0 aliphatic heterocycles. The topological polar surface area (TPSA) is 38.3 Å². The van der Waals surface area contributed by atoms with Crippen molar-refractivity contribution in [2.75, 3.05) is 13.7 Å². The number of thiophene rings is 1. The third-order valence-electron chi connectivity index (χ3n) is 4.17. The van der Waals surface area contributed by atoms with Gasteiger partial charge in [-0.3, -0.25) is 4.79 Å². The van der Waals surface area contributed by atoms with Crippen LogP contribution in [0, 0.1) is 13.8 Å². The van der Waals surface area contributed by atoms with Gasteiger partial charge in [0, 0.05) is 11.2 Å². The molecule has 0 radical (unpaired) electrons. The minimum atomic E-state index is 0.000296. The van der Waals surface area contributed by atoms with Crippen molar-refractivity contribution in [1.29, 1.82) is 0 Å². The molecule has 24 heavy (non-hydrogen) atoms. The molecular formula is C20H21NO2S. The van der Waals surface area contributed by atoms with Crippen LogP contribution in [0.1, 0.15) is 26.4 Å². The molecule has 0 fully saturated rings. The molecule has 1 heterocycles. The first-order valence-corrected chi connectivity index (χ1v) is 8.81. The quantitative estimate of drug-likeness (QED) is 0.743. The molecule has 0 aliphatic rings. The number of ether oxygens (including phenoxy) is 1. The van der Waals surface area contributed by atoms with Gasteiger partial charge in [0.25, 0.3) is 5.91 Å². The standard InChI is InChI=1S/C20H21NO2S/c1-13-8-9-17(23-3)15(12-13)10-11-21-20(22)19-14(2)16-6-4-5-7-18(16)24-19/h4-9,12H,10-11H2,1-3H3,(H,21,22). The van der Waals surface area contributed by atoms with Crippen LogP contribution < -0.4 is 10.1 Å². The van der Waals surface area contributed by atoms with Crippen molar-refractivity contribution in [2.45, 2.75) is 20.3 Å². The van der Waals surface area contributed by atoms with Crippen LogP contribution in [0.5, 0.6) is 5.75 Å². The highest BCUT2D eigenvalue weighted by Crippen LogP contribution is 2.30. The lowest BCUT2D eigenvalue weighted by Gasteiger charge is -2.10. The zero-order valence-electron chi connectivity index (χ0n) is 14.2. The zero-order valence-corrected chi connectivity index (χ0v) is 15.0. The lowest BCUT2D eigenvalue weighted by atomic mass is 10.1. The van der Waals surface area contributed by atoms with E-state index in [2.05, 4.69) is 30.4 Å². The summed E-state index contributed by atoms with van der Waals surface area (Å²) in [5, 5.41) is 4.20. The average molecular weight is 339 g/mol. The molecule has 0 bridgehead atoms. The normalized spacial score (nSPS) is 10.8. The van der Waals surface area contributed by atoms with E-state index in [9.17, 15) is 4.79 Å². The van der Waals surface area contributed by atoms with E-state index in [1.54, 1.807) is 18.4 Å². The lowest BCUT2D eigenvalue weighted by molar-refractivity contribution is 0.0957. The fraction of sp³-hybridized carbons (Fsp3) is 0.250. The maximum absolute atomic E-state index is 12.5. The minimum absolute atomic E-state index is 0.000296. The molecule has 124 valence electrons. The van der Waals surface area contributed by atoms with E-state index in [1.807, 2.05) is 31.2 Å². The molecule has 3 rings (SSSR count). The van der Waals surface area contributed by atoms with E-state index in [0.717, 1.165) is 38.3 Å². The summed E-state index contributed by atoms with van der Waals surface area (Å²) >= 11 is 1.55. The van der Waals surface area contributed by atoms with E-state index in [0.29, 0.717) is 6.54 Å². The maximum atomic E-state index is 12.5. The number of hydrogen-bond donors (Lipinski definition) is 1. The summed E-state index contributed by atoms with van der Waals surface area (Å²) in [7, 11) is 1.67. The van der Waals surface area contributed by atoms with E-state index >= 15 is 0 Å². The molecule has 0 saturated carbocycles. The Bertz CT molecular complexity index is 882. The Kier molecular flexibility index (Phi) is 4.86. The minimum Gasteiger partial charge on any atom is -0.496 e. The second kappa shape index (κ2) is 7.05. The van der Waals surface area contributed by atoms with Crippen molar-refractivity contribution < 1.29 is 9.53 Å². The smallest absolute Gasteiger partial charge is 0.261 e. The number of fused-ring (bicyclic) bond motifs is 1. The number of nitrogens with one attached hydrogen (secondary N) is 1. The van der Waals surface area contributed by atoms with Crippen LogP contribution >= 0.6 is 11.3 Å². The summed E-state index contributed by atoms with van der Waals surface area (Å²) in [6, 6.07) is 14.2.